The SMILES string of the molecule is COc1ccccc1C1=N/C(=C/c2cccs2)C(=O)N1. The Kier molecular flexibility index (Phi) is 3.35. The number of carbonyl (C=O) groups is 1. The molecule has 0 fully saturated rings. The van der Waals surface area contributed by atoms with E-state index in [1.54, 1.807) is 24.5 Å². The second kappa shape index (κ2) is 5.30. The smallest absolute Gasteiger partial charge is 0.275 e. The second-order valence-electron chi connectivity index (χ2n) is 4.16. The zero-order valence-electron chi connectivity index (χ0n) is 10.8. The number of thiophene rings is 1. The lowest BCUT2D eigenvalue weighted by Gasteiger charge is -2.06. The van der Waals surface area contributed by atoms with Crippen LogP contribution in [0.2, 0.25) is 0 Å². The van der Waals surface area contributed by atoms with Crippen LogP contribution in [0.3, 0.4) is 0 Å². The molecule has 2 aromatic rings. The van der Waals surface area contributed by atoms with Gasteiger partial charge in [0.25, 0.3) is 5.91 Å². The Morgan fingerprint density at radius 1 is 1.25 bits per heavy atom. The summed E-state index contributed by atoms with van der Waals surface area (Å²) in [5.41, 5.74) is 1.19. The van der Waals surface area contributed by atoms with Crippen molar-refractivity contribution in [2.45, 2.75) is 0 Å². The minimum Gasteiger partial charge on any atom is -0.496 e. The molecule has 1 aliphatic heterocycles. The van der Waals surface area contributed by atoms with Crippen molar-refractivity contribution in [3.05, 3.63) is 57.9 Å². The molecule has 0 saturated heterocycles. The highest BCUT2D eigenvalue weighted by atomic mass is 32.1. The third kappa shape index (κ3) is 2.35. The summed E-state index contributed by atoms with van der Waals surface area (Å²) in [4.78, 5) is 17.3. The highest BCUT2D eigenvalue weighted by Gasteiger charge is 2.23. The second-order valence-corrected chi connectivity index (χ2v) is 5.14. The lowest BCUT2D eigenvalue weighted by atomic mass is 10.2. The number of nitrogens with zero attached hydrogens (tertiary/aromatic N) is 1. The third-order valence-corrected chi connectivity index (χ3v) is 3.70. The molecule has 0 atom stereocenters. The van der Waals surface area contributed by atoms with Crippen molar-refractivity contribution in [2.75, 3.05) is 7.11 Å². The fourth-order valence-corrected chi connectivity index (χ4v) is 2.60. The van der Waals surface area contributed by atoms with Crippen LogP contribution in [0.5, 0.6) is 5.75 Å². The molecule has 20 heavy (non-hydrogen) atoms. The van der Waals surface area contributed by atoms with Crippen LogP contribution in [0.15, 0.2) is 52.5 Å². The Bertz CT molecular complexity index is 702. The Morgan fingerprint density at radius 3 is 2.85 bits per heavy atom. The third-order valence-electron chi connectivity index (χ3n) is 2.88. The maximum absolute atomic E-state index is 12.0. The average Bonchev–Trinajstić information content (AvgIpc) is 3.10. The van der Waals surface area contributed by atoms with Gasteiger partial charge >= 0.3 is 0 Å². The zero-order chi connectivity index (χ0) is 13.9. The van der Waals surface area contributed by atoms with Crippen molar-refractivity contribution in [1.29, 1.82) is 0 Å². The summed E-state index contributed by atoms with van der Waals surface area (Å²) in [6, 6.07) is 11.4. The van der Waals surface area contributed by atoms with Gasteiger partial charge in [-0.15, -0.1) is 11.3 Å². The lowest BCUT2D eigenvalue weighted by molar-refractivity contribution is -0.115. The van der Waals surface area contributed by atoms with Crippen molar-refractivity contribution < 1.29 is 9.53 Å². The number of hydrogen-bond acceptors (Lipinski definition) is 4. The van der Waals surface area contributed by atoms with Crippen LogP contribution in [0.1, 0.15) is 10.4 Å². The fraction of sp³-hybridized carbons (Fsp3) is 0.0667. The van der Waals surface area contributed by atoms with Gasteiger partial charge in [0.1, 0.15) is 17.3 Å². The normalized spacial score (nSPS) is 16.1. The van der Waals surface area contributed by atoms with Gasteiger partial charge < -0.3 is 10.1 Å². The highest BCUT2D eigenvalue weighted by Crippen LogP contribution is 2.22. The van der Waals surface area contributed by atoms with Crippen LogP contribution < -0.4 is 10.1 Å². The number of methoxy groups -OCH3 is 1. The molecule has 0 saturated carbocycles. The van der Waals surface area contributed by atoms with Gasteiger partial charge in [0.15, 0.2) is 0 Å². The zero-order valence-corrected chi connectivity index (χ0v) is 11.6. The number of amidine groups is 1. The Balaban J connectivity index is 1.98. The molecule has 0 aliphatic carbocycles. The maximum Gasteiger partial charge on any atom is 0.275 e. The number of benzene rings is 1. The predicted octanol–water partition coefficient (Wildman–Crippen LogP) is 2.67. The lowest BCUT2D eigenvalue weighted by Crippen LogP contribution is -2.25. The molecule has 3 rings (SSSR count). The van der Waals surface area contributed by atoms with E-state index in [2.05, 4.69) is 10.3 Å². The standard InChI is InChI=1S/C15H12N2O2S/c1-19-13-7-3-2-6-11(13)14-16-12(15(18)17-14)9-10-5-4-8-20-10/h2-9H,1H3,(H,16,17,18)/b12-9+. The molecule has 1 N–H and O–H groups in total. The summed E-state index contributed by atoms with van der Waals surface area (Å²) in [7, 11) is 1.60. The number of amides is 1. The molecule has 4 nitrogen and oxygen atoms in total. The van der Waals surface area contributed by atoms with E-state index in [4.69, 9.17) is 4.74 Å². The topological polar surface area (TPSA) is 50.7 Å². The van der Waals surface area contributed by atoms with E-state index in [0.717, 1.165) is 10.4 Å². The number of ether oxygens (including phenoxy) is 1. The van der Waals surface area contributed by atoms with Crippen molar-refractivity contribution in [3.63, 3.8) is 0 Å². The number of nitrogens with one attached hydrogen (secondary N) is 1. The highest BCUT2D eigenvalue weighted by molar-refractivity contribution is 7.10. The largest absolute Gasteiger partial charge is 0.496 e. The molecule has 1 amide bonds. The van der Waals surface area contributed by atoms with Crippen LogP contribution >= 0.6 is 11.3 Å². The van der Waals surface area contributed by atoms with Crippen LogP contribution in [0.25, 0.3) is 6.08 Å². The first-order chi connectivity index (χ1) is 9.78. The average molecular weight is 284 g/mol. The molecule has 0 radical (unpaired) electrons. The first-order valence-electron chi connectivity index (χ1n) is 6.06. The molecule has 1 aromatic heterocycles. The van der Waals surface area contributed by atoms with Gasteiger partial charge in [-0.2, -0.15) is 0 Å². The minimum atomic E-state index is -0.195. The van der Waals surface area contributed by atoms with E-state index < -0.39 is 0 Å². The van der Waals surface area contributed by atoms with E-state index in [9.17, 15) is 4.79 Å². The molecule has 2 heterocycles. The van der Waals surface area contributed by atoms with Crippen LogP contribution in [-0.2, 0) is 4.79 Å². The van der Waals surface area contributed by atoms with Gasteiger partial charge in [0, 0.05) is 4.88 Å². The van der Waals surface area contributed by atoms with Gasteiger partial charge in [-0.1, -0.05) is 18.2 Å². The molecule has 100 valence electrons. The quantitative estimate of drug-likeness (QED) is 0.881. The van der Waals surface area contributed by atoms with Crippen molar-refractivity contribution in [3.8, 4) is 5.75 Å². The van der Waals surface area contributed by atoms with Gasteiger partial charge in [-0.25, -0.2) is 4.99 Å². The predicted molar refractivity (Wildman–Crippen MR) is 80.0 cm³/mol. The van der Waals surface area contributed by atoms with Gasteiger partial charge in [0.05, 0.1) is 12.7 Å². The number of aliphatic imine (C=N–C) groups is 1. The Morgan fingerprint density at radius 2 is 2.10 bits per heavy atom. The number of rotatable bonds is 3. The number of para-hydroxylation sites is 1. The van der Waals surface area contributed by atoms with Gasteiger partial charge in [-0.05, 0) is 29.7 Å². The summed E-state index contributed by atoms with van der Waals surface area (Å²) in [5, 5.41) is 4.74. The number of hydrogen-bond donors (Lipinski definition) is 1. The van der Waals surface area contributed by atoms with E-state index in [0.29, 0.717) is 17.3 Å². The van der Waals surface area contributed by atoms with E-state index in [1.807, 2.05) is 41.8 Å². The Hall–Kier alpha value is -2.40. The van der Waals surface area contributed by atoms with Crippen LogP contribution in [0.4, 0.5) is 0 Å². The first-order valence-corrected chi connectivity index (χ1v) is 6.94. The van der Waals surface area contributed by atoms with Gasteiger partial charge in [0.2, 0.25) is 0 Å². The summed E-state index contributed by atoms with van der Waals surface area (Å²) in [5.74, 6) is 1.01. The molecule has 1 aromatic carbocycles. The molecule has 5 heteroatoms. The van der Waals surface area contributed by atoms with Gasteiger partial charge in [-0.3, -0.25) is 4.79 Å². The monoisotopic (exact) mass is 284 g/mol. The van der Waals surface area contributed by atoms with E-state index in [-0.39, 0.29) is 5.91 Å². The summed E-state index contributed by atoms with van der Waals surface area (Å²) in [6.07, 6.45) is 1.78. The van der Waals surface area contributed by atoms with Crippen molar-refractivity contribution >= 4 is 29.2 Å². The maximum atomic E-state index is 12.0. The number of carbonyl (C=O) groups excluding carboxylic acids is 1. The van der Waals surface area contributed by atoms with E-state index in [1.165, 1.54) is 0 Å². The first kappa shape index (κ1) is 12.6. The minimum absolute atomic E-state index is 0.195. The van der Waals surface area contributed by atoms with Crippen LogP contribution in [-0.4, -0.2) is 18.9 Å². The van der Waals surface area contributed by atoms with Crippen molar-refractivity contribution in [2.24, 2.45) is 4.99 Å². The fourth-order valence-electron chi connectivity index (χ4n) is 1.94. The van der Waals surface area contributed by atoms with E-state index >= 15 is 0 Å². The molecular weight excluding hydrogens is 272 g/mol. The summed E-state index contributed by atoms with van der Waals surface area (Å²) in [6.45, 7) is 0. The molecule has 1 aliphatic rings. The molecule has 0 bridgehead atoms. The molecule has 0 unspecified atom stereocenters. The summed E-state index contributed by atoms with van der Waals surface area (Å²) < 4.78 is 5.28. The Labute approximate surface area is 120 Å². The molecular formula is C15H12N2O2S. The van der Waals surface area contributed by atoms with Crippen molar-refractivity contribution in [1.82, 2.24) is 5.32 Å². The van der Waals surface area contributed by atoms with Crippen LogP contribution in [0, 0.1) is 0 Å². The summed E-state index contributed by atoms with van der Waals surface area (Å²) >= 11 is 1.57. The molecule has 0 spiro atoms.